The van der Waals surface area contributed by atoms with E-state index in [0.29, 0.717) is 5.56 Å². The molecule has 128 valence electrons. The van der Waals surface area contributed by atoms with Crippen LogP contribution in [0.2, 0.25) is 0 Å². The van der Waals surface area contributed by atoms with Crippen molar-refractivity contribution in [2.24, 2.45) is 5.10 Å². The smallest absolute Gasteiger partial charge is 0.270 e. The first-order chi connectivity index (χ1) is 12.0. The van der Waals surface area contributed by atoms with E-state index in [4.69, 9.17) is 0 Å². The number of hydrazone groups is 1. The zero-order valence-corrected chi connectivity index (χ0v) is 12.8. The summed E-state index contributed by atoms with van der Waals surface area (Å²) >= 11 is 0. The molecule has 2 aromatic carbocycles. The molecule has 2 N–H and O–H groups in total. The van der Waals surface area contributed by atoms with Gasteiger partial charge in [0.1, 0.15) is 5.82 Å². The van der Waals surface area contributed by atoms with E-state index in [9.17, 15) is 24.1 Å². The van der Waals surface area contributed by atoms with E-state index in [0.717, 1.165) is 12.1 Å². The van der Waals surface area contributed by atoms with Crippen molar-refractivity contribution in [3.05, 3.63) is 75.6 Å². The summed E-state index contributed by atoms with van der Waals surface area (Å²) in [5, 5.41) is 16.7. The van der Waals surface area contributed by atoms with Gasteiger partial charge in [0.25, 0.3) is 17.5 Å². The van der Waals surface area contributed by atoms with Crippen molar-refractivity contribution < 1.29 is 18.9 Å². The Morgan fingerprint density at radius 3 is 2.60 bits per heavy atom. The van der Waals surface area contributed by atoms with Gasteiger partial charge in [-0.1, -0.05) is 12.1 Å². The summed E-state index contributed by atoms with van der Waals surface area (Å²) in [6.07, 6.45) is 1.24. The number of non-ortho nitro benzene ring substituents is 1. The molecule has 0 spiro atoms. The highest BCUT2D eigenvalue weighted by molar-refractivity contribution is 5.96. The molecule has 0 saturated heterocycles. The molecule has 0 fully saturated rings. The summed E-state index contributed by atoms with van der Waals surface area (Å²) in [5.41, 5.74) is 2.74. The first-order valence-electron chi connectivity index (χ1n) is 7.06. The summed E-state index contributed by atoms with van der Waals surface area (Å²) in [5.74, 6) is -1.58. The highest BCUT2D eigenvalue weighted by atomic mass is 19.1. The van der Waals surface area contributed by atoms with Crippen LogP contribution in [-0.2, 0) is 4.79 Å². The third-order valence-corrected chi connectivity index (χ3v) is 3.00. The van der Waals surface area contributed by atoms with Gasteiger partial charge in [-0.2, -0.15) is 5.10 Å². The maximum absolute atomic E-state index is 12.8. The second-order valence-electron chi connectivity index (χ2n) is 4.83. The van der Waals surface area contributed by atoms with E-state index >= 15 is 0 Å². The lowest BCUT2D eigenvalue weighted by atomic mass is 10.2. The summed E-state index contributed by atoms with van der Waals surface area (Å²) in [4.78, 5) is 33.4. The summed E-state index contributed by atoms with van der Waals surface area (Å²) in [6.45, 7) is -0.331. The molecule has 0 unspecified atom stereocenters. The largest absolute Gasteiger partial charge is 0.343 e. The summed E-state index contributed by atoms with van der Waals surface area (Å²) in [7, 11) is 0. The van der Waals surface area contributed by atoms with Crippen molar-refractivity contribution in [2.45, 2.75) is 0 Å². The summed E-state index contributed by atoms with van der Waals surface area (Å²) < 4.78 is 12.8. The van der Waals surface area contributed by atoms with Gasteiger partial charge in [0.15, 0.2) is 0 Å². The molecular weight excluding hydrogens is 331 g/mol. The Labute approximate surface area is 141 Å². The van der Waals surface area contributed by atoms with Crippen LogP contribution in [0.1, 0.15) is 15.9 Å². The van der Waals surface area contributed by atoms with Crippen LogP contribution in [0, 0.1) is 15.9 Å². The molecule has 25 heavy (non-hydrogen) atoms. The Kier molecular flexibility index (Phi) is 5.88. The molecule has 2 rings (SSSR count). The van der Waals surface area contributed by atoms with Crippen LogP contribution in [0.5, 0.6) is 0 Å². The number of rotatable bonds is 6. The van der Waals surface area contributed by atoms with Crippen LogP contribution < -0.4 is 10.7 Å². The van der Waals surface area contributed by atoms with Crippen molar-refractivity contribution in [3.8, 4) is 0 Å². The molecule has 0 aromatic heterocycles. The van der Waals surface area contributed by atoms with Gasteiger partial charge < -0.3 is 5.32 Å². The monoisotopic (exact) mass is 344 g/mol. The van der Waals surface area contributed by atoms with E-state index in [2.05, 4.69) is 15.8 Å². The van der Waals surface area contributed by atoms with Crippen molar-refractivity contribution in [2.75, 3.05) is 6.54 Å². The topological polar surface area (TPSA) is 114 Å². The number of nitrogens with zero attached hydrogens (tertiary/aromatic N) is 2. The van der Waals surface area contributed by atoms with Gasteiger partial charge in [0.2, 0.25) is 0 Å². The van der Waals surface area contributed by atoms with Crippen LogP contribution in [0.3, 0.4) is 0 Å². The Bertz CT molecular complexity index is 821. The van der Waals surface area contributed by atoms with Gasteiger partial charge in [0.05, 0.1) is 17.7 Å². The zero-order chi connectivity index (χ0) is 18.2. The van der Waals surface area contributed by atoms with E-state index in [1.54, 1.807) is 6.07 Å². The van der Waals surface area contributed by atoms with Gasteiger partial charge in [-0.15, -0.1) is 0 Å². The van der Waals surface area contributed by atoms with Crippen LogP contribution in [0.15, 0.2) is 53.6 Å². The summed E-state index contributed by atoms with van der Waals surface area (Å²) in [6, 6.07) is 10.6. The van der Waals surface area contributed by atoms with Crippen LogP contribution in [0.25, 0.3) is 0 Å². The van der Waals surface area contributed by atoms with Gasteiger partial charge in [-0.3, -0.25) is 19.7 Å². The molecule has 0 aliphatic rings. The maximum Gasteiger partial charge on any atom is 0.270 e. The maximum atomic E-state index is 12.8. The number of hydrogen-bond acceptors (Lipinski definition) is 5. The first kappa shape index (κ1) is 17.7. The average Bonchev–Trinajstić information content (AvgIpc) is 2.60. The Morgan fingerprint density at radius 1 is 1.20 bits per heavy atom. The highest BCUT2D eigenvalue weighted by Gasteiger charge is 2.08. The van der Waals surface area contributed by atoms with Crippen molar-refractivity contribution in [1.29, 1.82) is 0 Å². The number of carbonyl (C=O) groups is 2. The van der Waals surface area contributed by atoms with Crippen LogP contribution in [-0.4, -0.2) is 29.5 Å². The molecule has 9 heteroatoms. The van der Waals surface area contributed by atoms with E-state index in [-0.39, 0.29) is 17.8 Å². The van der Waals surface area contributed by atoms with Gasteiger partial charge in [-0.05, 0) is 24.3 Å². The Hall–Kier alpha value is -3.62. The minimum atomic E-state index is -0.586. The van der Waals surface area contributed by atoms with Crippen molar-refractivity contribution in [1.82, 2.24) is 10.7 Å². The molecular formula is C16H13FN4O4. The van der Waals surface area contributed by atoms with Crippen molar-refractivity contribution in [3.63, 3.8) is 0 Å². The quantitative estimate of drug-likeness (QED) is 0.471. The lowest BCUT2D eigenvalue weighted by Crippen LogP contribution is -2.34. The molecule has 0 bridgehead atoms. The molecule has 8 nitrogen and oxygen atoms in total. The molecule has 0 atom stereocenters. The second kappa shape index (κ2) is 8.29. The molecule has 0 heterocycles. The first-order valence-corrected chi connectivity index (χ1v) is 7.06. The van der Waals surface area contributed by atoms with E-state index < -0.39 is 22.6 Å². The average molecular weight is 344 g/mol. The number of hydrogen-bond donors (Lipinski definition) is 2. The fourth-order valence-corrected chi connectivity index (χ4v) is 1.80. The molecule has 2 aromatic rings. The van der Waals surface area contributed by atoms with Gasteiger partial charge in [0, 0.05) is 23.3 Å². The van der Waals surface area contributed by atoms with E-state index in [1.165, 1.54) is 36.5 Å². The zero-order valence-electron chi connectivity index (χ0n) is 12.8. The SMILES string of the molecule is O=C(CNC(=O)c1ccc(F)cc1)NN=Cc1cccc([N+](=O)[O-])c1. The molecule has 0 radical (unpaired) electrons. The number of carbonyl (C=O) groups excluding carboxylic acids is 2. The normalized spacial score (nSPS) is 10.4. The number of amides is 2. The minimum Gasteiger partial charge on any atom is -0.343 e. The Balaban J connectivity index is 1.82. The third kappa shape index (κ3) is 5.50. The van der Waals surface area contributed by atoms with Gasteiger partial charge >= 0.3 is 0 Å². The minimum absolute atomic E-state index is 0.0955. The predicted octanol–water partition coefficient (Wildman–Crippen LogP) is 1.61. The third-order valence-electron chi connectivity index (χ3n) is 3.00. The molecule has 0 aliphatic heterocycles. The predicted molar refractivity (Wildman–Crippen MR) is 87.6 cm³/mol. The number of nitro groups is 1. The lowest BCUT2D eigenvalue weighted by molar-refractivity contribution is -0.384. The van der Waals surface area contributed by atoms with Crippen LogP contribution in [0.4, 0.5) is 10.1 Å². The van der Waals surface area contributed by atoms with E-state index in [1.807, 2.05) is 0 Å². The molecule has 0 saturated carbocycles. The number of benzene rings is 2. The number of nitro benzene ring substituents is 1. The second-order valence-corrected chi connectivity index (χ2v) is 4.83. The highest BCUT2D eigenvalue weighted by Crippen LogP contribution is 2.11. The standard InChI is InChI=1S/C16H13FN4O4/c17-13-6-4-12(5-7-13)16(23)18-10-15(22)20-19-9-11-2-1-3-14(8-11)21(24)25/h1-9H,10H2,(H,18,23)(H,20,22). The fourth-order valence-electron chi connectivity index (χ4n) is 1.80. The molecule has 2 amide bonds. The van der Waals surface area contributed by atoms with Crippen molar-refractivity contribution >= 4 is 23.7 Å². The number of halogens is 1. The van der Waals surface area contributed by atoms with Gasteiger partial charge in [-0.25, -0.2) is 9.82 Å². The Morgan fingerprint density at radius 2 is 1.92 bits per heavy atom. The number of nitrogens with one attached hydrogen (secondary N) is 2. The molecule has 0 aliphatic carbocycles. The van der Waals surface area contributed by atoms with Crippen LogP contribution >= 0.6 is 0 Å². The lowest BCUT2D eigenvalue weighted by Gasteiger charge is -2.04. The fraction of sp³-hybridized carbons (Fsp3) is 0.0625.